The highest BCUT2D eigenvalue weighted by molar-refractivity contribution is 6.44. The first-order valence-corrected chi connectivity index (χ1v) is 5.19. The third-order valence-corrected chi connectivity index (χ3v) is 2.40. The molecule has 0 amide bonds. The Balaban J connectivity index is 2.26. The van der Waals surface area contributed by atoms with E-state index in [0.29, 0.717) is 11.5 Å². The molecule has 0 bridgehead atoms. The minimum absolute atomic E-state index is 0.0656. The van der Waals surface area contributed by atoms with Crippen LogP contribution in [-0.4, -0.2) is 20.2 Å². The SMILES string of the molecule is C=C1OC(c2ccc(OC)cc2)=C/C1=N\B(F)F. The molecule has 1 aromatic carbocycles. The third kappa shape index (κ3) is 2.59. The highest BCUT2D eigenvalue weighted by atomic mass is 19.2. The van der Waals surface area contributed by atoms with Crippen LogP contribution in [0.3, 0.4) is 0 Å². The van der Waals surface area contributed by atoms with E-state index in [-0.39, 0.29) is 11.5 Å². The number of hydrogen-bond acceptors (Lipinski definition) is 3. The molecule has 0 saturated carbocycles. The van der Waals surface area contributed by atoms with E-state index >= 15 is 0 Å². The van der Waals surface area contributed by atoms with Crippen molar-refractivity contribution in [2.45, 2.75) is 0 Å². The van der Waals surface area contributed by atoms with Crippen molar-refractivity contribution < 1.29 is 18.1 Å². The topological polar surface area (TPSA) is 30.8 Å². The van der Waals surface area contributed by atoms with Crippen molar-refractivity contribution in [2.75, 3.05) is 7.11 Å². The van der Waals surface area contributed by atoms with E-state index in [1.165, 1.54) is 6.08 Å². The number of benzene rings is 1. The summed E-state index contributed by atoms with van der Waals surface area (Å²) >= 11 is 0. The fourth-order valence-electron chi connectivity index (χ4n) is 1.53. The van der Waals surface area contributed by atoms with E-state index in [2.05, 4.69) is 11.5 Å². The minimum atomic E-state index is -2.77. The maximum atomic E-state index is 12.2. The molecular formula is C12H10BF2NO2. The van der Waals surface area contributed by atoms with Gasteiger partial charge in [0.25, 0.3) is 0 Å². The maximum Gasteiger partial charge on any atom is 0.693 e. The Hall–Kier alpha value is -2.11. The van der Waals surface area contributed by atoms with Gasteiger partial charge in [-0.15, -0.1) is 0 Å². The molecule has 18 heavy (non-hydrogen) atoms. The highest BCUT2D eigenvalue weighted by Crippen LogP contribution is 2.27. The fraction of sp³-hybridized carbons (Fsp3) is 0.0833. The molecule has 0 radical (unpaired) electrons. The highest BCUT2D eigenvalue weighted by Gasteiger charge is 2.21. The quantitative estimate of drug-likeness (QED) is 0.771. The summed E-state index contributed by atoms with van der Waals surface area (Å²) in [6.07, 6.45) is 1.44. The van der Waals surface area contributed by atoms with Gasteiger partial charge in [-0.05, 0) is 24.3 Å². The minimum Gasteiger partial charge on any atom is -0.497 e. The number of methoxy groups -OCH3 is 1. The van der Waals surface area contributed by atoms with Gasteiger partial charge < -0.3 is 9.47 Å². The van der Waals surface area contributed by atoms with Gasteiger partial charge in [-0.3, -0.25) is 13.5 Å². The average molecular weight is 249 g/mol. The van der Waals surface area contributed by atoms with Gasteiger partial charge >= 0.3 is 7.40 Å². The Morgan fingerprint density at radius 3 is 2.50 bits per heavy atom. The monoisotopic (exact) mass is 249 g/mol. The lowest BCUT2D eigenvalue weighted by atomic mass is 10.1. The first kappa shape index (κ1) is 12.4. The summed E-state index contributed by atoms with van der Waals surface area (Å²) in [4.78, 5) is 3.12. The van der Waals surface area contributed by atoms with Gasteiger partial charge in [0.1, 0.15) is 17.3 Å². The number of ether oxygens (including phenoxy) is 2. The molecule has 1 heterocycles. The van der Waals surface area contributed by atoms with Crippen LogP contribution >= 0.6 is 0 Å². The molecule has 0 saturated heterocycles. The largest absolute Gasteiger partial charge is 0.693 e. The van der Waals surface area contributed by atoms with Gasteiger partial charge in [0.15, 0.2) is 0 Å². The molecule has 92 valence electrons. The van der Waals surface area contributed by atoms with Gasteiger partial charge in [0, 0.05) is 11.6 Å². The molecule has 0 N–H and O–H groups in total. The number of nitrogens with zero attached hydrogens (tertiary/aromatic N) is 1. The summed E-state index contributed by atoms with van der Waals surface area (Å²) in [5.74, 6) is 1.28. The Labute approximate surface area is 104 Å². The Bertz CT molecular complexity index is 523. The molecular weight excluding hydrogens is 239 g/mol. The predicted octanol–water partition coefficient (Wildman–Crippen LogP) is 2.94. The molecule has 3 nitrogen and oxygen atoms in total. The Kier molecular flexibility index (Phi) is 3.46. The number of hydrogen-bond donors (Lipinski definition) is 0. The average Bonchev–Trinajstić information content (AvgIpc) is 2.70. The van der Waals surface area contributed by atoms with Gasteiger partial charge in [0.05, 0.1) is 12.8 Å². The second kappa shape index (κ2) is 5.04. The Morgan fingerprint density at radius 1 is 1.28 bits per heavy atom. The van der Waals surface area contributed by atoms with Gasteiger partial charge in [-0.1, -0.05) is 6.58 Å². The van der Waals surface area contributed by atoms with E-state index in [0.717, 1.165) is 5.56 Å². The molecule has 0 unspecified atom stereocenters. The van der Waals surface area contributed by atoms with Crippen molar-refractivity contribution in [3.63, 3.8) is 0 Å². The van der Waals surface area contributed by atoms with E-state index in [4.69, 9.17) is 9.47 Å². The van der Waals surface area contributed by atoms with Crippen LogP contribution in [-0.2, 0) is 4.74 Å². The standard InChI is InChI=1S/C12H10BF2NO2/c1-8-11(16-13(14)15)7-12(18-8)9-3-5-10(17-2)6-4-9/h3-7H,1H2,2H3/b16-11+. The lowest BCUT2D eigenvalue weighted by Crippen LogP contribution is -2.00. The van der Waals surface area contributed by atoms with Crippen molar-refractivity contribution in [1.82, 2.24) is 0 Å². The van der Waals surface area contributed by atoms with E-state index in [9.17, 15) is 8.63 Å². The molecule has 1 aliphatic rings. The van der Waals surface area contributed by atoms with E-state index < -0.39 is 7.40 Å². The zero-order valence-electron chi connectivity index (χ0n) is 9.69. The molecule has 1 aromatic rings. The zero-order valence-corrected chi connectivity index (χ0v) is 9.69. The van der Waals surface area contributed by atoms with Crippen LogP contribution in [0.15, 0.2) is 47.6 Å². The third-order valence-electron chi connectivity index (χ3n) is 2.40. The van der Waals surface area contributed by atoms with Gasteiger partial charge in [-0.25, -0.2) is 0 Å². The summed E-state index contributed by atoms with van der Waals surface area (Å²) in [6.45, 7) is 3.54. The van der Waals surface area contributed by atoms with Crippen LogP contribution < -0.4 is 4.74 Å². The molecule has 0 spiro atoms. The number of halogens is 2. The molecule has 0 fully saturated rings. The van der Waals surface area contributed by atoms with E-state index in [1.807, 2.05) is 0 Å². The summed E-state index contributed by atoms with van der Waals surface area (Å²) in [7, 11) is -1.21. The lowest BCUT2D eigenvalue weighted by molar-refractivity contribution is 0.413. The van der Waals surface area contributed by atoms with Crippen LogP contribution in [0.5, 0.6) is 5.75 Å². The Morgan fingerprint density at radius 2 is 1.94 bits per heavy atom. The normalized spacial score (nSPS) is 16.5. The fourth-order valence-corrected chi connectivity index (χ4v) is 1.53. The van der Waals surface area contributed by atoms with Crippen molar-refractivity contribution in [3.05, 3.63) is 48.2 Å². The van der Waals surface area contributed by atoms with Crippen molar-refractivity contribution in [2.24, 2.45) is 4.90 Å². The summed E-state index contributed by atoms with van der Waals surface area (Å²) in [5.41, 5.74) is 0.812. The molecule has 0 aromatic heterocycles. The smallest absolute Gasteiger partial charge is 0.497 e. The van der Waals surface area contributed by atoms with Crippen LogP contribution in [0.25, 0.3) is 5.76 Å². The van der Waals surface area contributed by atoms with Crippen LogP contribution in [0.2, 0.25) is 0 Å². The van der Waals surface area contributed by atoms with Crippen LogP contribution in [0, 0.1) is 0 Å². The summed E-state index contributed by atoms with van der Waals surface area (Å²) < 4.78 is 34.6. The van der Waals surface area contributed by atoms with Gasteiger partial charge in [-0.2, -0.15) is 0 Å². The first-order valence-electron chi connectivity index (χ1n) is 5.19. The summed E-state index contributed by atoms with van der Waals surface area (Å²) in [5, 5.41) is 0. The molecule has 6 heteroatoms. The van der Waals surface area contributed by atoms with Crippen molar-refractivity contribution in [1.29, 1.82) is 0 Å². The maximum absolute atomic E-state index is 12.2. The zero-order chi connectivity index (χ0) is 13.1. The molecule has 2 rings (SSSR count). The van der Waals surface area contributed by atoms with Crippen LogP contribution in [0.1, 0.15) is 5.56 Å². The first-order chi connectivity index (χ1) is 8.60. The predicted molar refractivity (Wildman–Crippen MR) is 66.6 cm³/mol. The van der Waals surface area contributed by atoms with Gasteiger partial charge in [0.2, 0.25) is 0 Å². The number of allylic oxidation sites excluding steroid dienone is 1. The molecule has 0 atom stereocenters. The number of rotatable bonds is 3. The van der Waals surface area contributed by atoms with E-state index in [1.54, 1.807) is 31.4 Å². The van der Waals surface area contributed by atoms with Crippen LogP contribution in [0.4, 0.5) is 8.63 Å². The molecule has 0 aliphatic carbocycles. The second-order valence-corrected chi connectivity index (χ2v) is 3.55. The summed E-state index contributed by atoms with van der Waals surface area (Å²) in [6, 6.07) is 7.04. The van der Waals surface area contributed by atoms with Crippen molar-refractivity contribution in [3.8, 4) is 5.75 Å². The molecule has 1 aliphatic heterocycles. The lowest BCUT2D eigenvalue weighted by Gasteiger charge is -2.04. The van der Waals surface area contributed by atoms with Crippen molar-refractivity contribution >= 4 is 18.9 Å². The second-order valence-electron chi connectivity index (χ2n) is 3.55.